The van der Waals surface area contributed by atoms with Gasteiger partial charge in [-0.15, -0.1) is 13.2 Å². The minimum atomic E-state index is -4.91. The van der Waals surface area contributed by atoms with Crippen molar-refractivity contribution in [3.63, 3.8) is 0 Å². The number of carboxylic acids is 1. The Morgan fingerprint density at radius 2 is 2.00 bits per heavy atom. The number of nitrogens with one attached hydrogen (secondary N) is 2. The predicted molar refractivity (Wildman–Crippen MR) is 70.1 cm³/mol. The molecule has 0 heterocycles. The number of carboxylic acid groups (broad SMARTS) is 1. The Kier molecular flexibility index (Phi) is 5.82. The summed E-state index contributed by atoms with van der Waals surface area (Å²) >= 11 is 2.99. The molecule has 6 nitrogen and oxygen atoms in total. The number of aliphatic carboxylic acids is 1. The first-order chi connectivity index (χ1) is 9.67. The van der Waals surface area contributed by atoms with E-state index in [1.807, 2.05) is 0 Å². The maximum Gasteiger partial charge on any atom is 0.573 e. The number of carbonyl (C=O) groups is 2. The summed E-state index contributed by atoms with van der Waals surface area (Å²) in [6, 6.07) is 2.82. The fourth-order valence-corrected chi connectivity index (χ4v) is 1.60. The highest BCUT2D eigenvalue weighted by molar-refractivity contribution is 9.10. The van der Waals surface area contributed by atoms with Crippen LogP contribution in [0.1, 0.15) is 6.42 Å². The largest absolute Gasteiger partial charge is 0.573 e. The zero-order valence-electron chi connectivity index (χ0n) is 10.3. The van der Waals surface area contributed by atoms with Gasteiger partial charge in [-0.25, -0.2) is 4.79 Å². The Labute approximate surface area is 125 Å². The molecule has 0 atom stereocenters. The van der Waals surface area contributed by atoms with Gasteiger partial charge < -0.3 is 20.5 Å². The third-order valence-electron chi connectivity index (χ3n) is 2.04. The third kappa shape index (κ3) is 6.84. The molecular formula is C11H10BrF3N2O4. The van der Waals surface area contributed by atoms with Crippen LogP contribution in [0.15, 0.2) is 22.7 Å². The monoisotopic (exact) mass is 370 g/mol. The van der Waals surface area contributed by atoms with Crippen molar-refractivity contribution in [1.82, 2.24) is 5.32 Å². The van der Waals surface area contributed by atoms with Gasteiger partial charge in [-0.3, -0.25) is 4.79 Å². The summed E-state index contributed by atoms with van der Waals surface area (Å²) in [5.74, 6) is -1.70. The van der Waals surface area contributed by atoms with Crippen LogP contribution in [-0.4, -0.2) is 30.0 Å². The maximum absolute atomic E-state index is 12.3. The highest BCUT2D eigenvalue weighted by Gasteiger charge is 2.32. The van der Waals surface area contributed by atoms with Gasteiger partial charge in [0, 0.05) is 11.0 Å². The van der Waals surface area contributed by atoms with Crippen LogP contribution in [0.25, 0.3) is 0 Å². The van der Waals surface area contributed by atoms with E-state index in [0.717, 1.165) is 6.07 Å². The van der Waals surface area contributed by atoms with Crippen LogP contribution in [0.3, 0.4) is 0 Å². The zero-order chi connectivity index (χ0) is 16.0. The molecule has 1 aromatic rings. The molecule has 0 saturated heterocycles. The number of carbonyl (C=O) groups excluding carboxylic acids is 1. The minimum absolute atomic E-state index is 0.160. The zero-order valence-corrected chi connectivity index (χ0v) is 11.9. The van der Waals surface area contributed by atoms with Crippen molar-refractivity contribution in [3.8, 4) is 5.75 Å². The van der Waals surface area contributed by atoms with Gasteiger partial charge in [0.1, 0.15) is 0 Å². The molecule has 2 amide bonds. The fourth-order valence-electron chi connectivity index (χ4n) is 1.26. The van der Waals surface area contributed by atoms with Gasteiger partial charge in [-0.05, 0) is 18.2 Å². The van der Waals surface area contributed by atoms with Gasteiger partial charge in [0.2, 0.25) is 0 Å². The molecule has 0 saturated carbocycles. The number of urea groups is 1. The number of halogens is 4. The normalized spacial score (nSPS) is 10.9. The Morgan fingerprint density at radius 1 is 1.33 bits per heavy atom. The summed E-state index contributed by atoms with van der Waals surface area (Å²) in [4.78, 5) is 21.7. The van der Waals surface area contributed by atoms with E-state index in [0.29, 0.717) is 4.47 Å². The molecule has 0 bridgehead atoms. The second-order valence-electron chi connectivity index (χ2n) is 3.71. The van der Waals surface area contributed by atoms with Gasteiger partial charge in [-0.2, -0.15) is 0 Å². The lowest BCUT2D eigenvalue weighted by Gasteiger charge is -2.14. The number of hydrogen-bond donors (Lipinski definition) is 3. The van der Waals surface area contributed by atoms with Crippen molar-refractivity contribution in [2.24, 2.45) is 0 Å². The molecule has 1 rings (SSSR count). The lowest BCUT2D eigenvalue weighted by Crippen LogP contribution is -2.31. The second kappa shape index (κ2) is 7.16. The molecule has 0 unspecified atom stereocenters. The van der Waals surface area contributed by atoms with Crippen LogP contribution in [0.4, 0.5) is 23.7 Å². The van der Waals surface area contributed by atoms with Crippen LogP contribution in [0.2, 0.25) is 0 Å². The van der Waals surface area contributed by atoms with Crippen LogP contribution in [0.5, 0.6) is 5.75 Å². The highest BCUT2D eigenvalue weighted by Crippen LogP contribution is 2.32. The Morgan fingerprint density at radius 3 is 2.57 bits per heavy atom. The number of alkyl halides is 3. The lowest BCUT2D eigenvalue weighted by atomic mass is 10.3. The SMILES string of the molecule is O=C(O)CCNC(=O)Nc1ccc(Br)cc1OC(F)(F)F. The molecule has 0 aliphatic rings. The van der Waals surface area contributed by atoms with Crippen molar-refractivity contribution < 1.29 is 32.6 Å². The molecule has 0 radical (unpaired) electrons. The molecule has 0 aromatic heterocycles. The summed E-state index contributed by atoms with van der Waals surface area (Å²) < 4.78 is 40.9. The van der Waals surface area contributed by atoms with Crippen LogP contribution in [-0.2, 0) is 4.79 Å². The summed E-state index contributed by atoms with van der Waals surface area (Å²) in [5, 5.41) is 12.7. The predicted octanol–water partition coefficient (Wildman–Crippen LogP) is 2.94. The van der Waals surface area contributed by atoms with Crippen LogP contribution in [0, 0.1) is 0 Å². The summed E-state index contributed by atoms with van der Waals surface area (Å²) in [6.07, 6.45) is -5.21. The fraction of sp³-hybridized carbons (Fsp3) is 0.273. The minimum Gasteiger partial charge on any atom is -0.481 e. The summed E-state index contributed by atoms with van der Waals surface area (Å²) in [6.45, 7) is -0.160. The smallest absolute Gasteiger partial charge is 0.481 e. The standard InChI is InChI=1S/C11H10BrF3N2O4/c12-6-1-2-7(8(5-6)21-11(13,14)15)17-10(20)16-4-3-9(18)19/h1-2,5H,3-4H2,(H,18,19)(H2,16,17,20). The van der Waals surface area contributed by atoms with Crippen molar-refractivity contribution in [1.29, 1.82) is 0 Å². The molecular weight excluding hydrogens is 361 g/mol. The van der Waals surface area contributed by atoms with Crippen molar-refractivity contribution in [2.75, 3.05) is 11.9 Å². The average molecular weight is 371 g/mol. The number of rotatable bonds is 5. The summed E-state index contributed by atoms with van der Waals surface area (Å²) in [5.41, 5.74) is -0.205. The van der Waals surface area contributed by atoms with E-state index < -0.39 is 24.1 Å². The Balaban J connectivity index is 2.73. The van der Waals surface area contributed by atoms with E-state index in [1.165, 1.54) is 12.1 Å². The van der Waals surface area contributed by atoms with E-state index in [4.69, 9.17) is 5.11 Å². The number of amides is 2. The molecule has 0 aliphatic carbocycles. The number of anilines is 1. The number of benzene rings is 1. The van der Waals surface area contributed by atoms with Crippen LogP contribution >= 0.6 is 15.9 Å². The molecule has 10 heteroatoms. The van der Waals surface area contributed by atoms with Crippen molar-refractivity contribution in [2.45, 2.75) is 12.8 Å². The Hall–Kier alpha value is -1.97. The quantitative estimate of drug-likeness (QED) is 0.743. The van der Waals surface area contributed by atoms with Gasteiger partial charge in [0.25, 0.3) is 0 Å². The first-order valence-corrected chi connectivity index (χ1v) is 6.28. The molecule has 0 fully saturated rings. The van der Waals surface area contributed by atoms with Crippen molar-refractivity contribution in [3.05, 3.63) is 22.7 Å². The first-order valence-electron chi connectivity index (χ1n) is 5.49. The van der Waals surface area contributed by atoms with E-state index in [2.05, 4.69) is 31.3 Å². The van der Waals surface area contributed by atoms with E-state index in [1.54, 1.807) is 0 Å². The van der Waals surface area contributed by atoms with Gasteiger partial charge >= 0.3 is 18.4 Å². The lowest BCUT2D eigenvalue weighted by molar-refractivity contribution is -0.274. The van der Waals surface area contributed by atoms with E-state index >= 15 is 0 Å². The molecule has 116 valence electrons. The van der Waals surface area contributed by atoms with E-state index in [9.17, 15) is 22.8 Å². The number of ether oxygens (including phenoxy) is 1. The maximum atomic E-state index is 12.3. The molecule has 1 aromatic carbocycles. The van der Waals surface area contributed by atoms with E-state index in [-0.39, 0.29) is 18.7 Å². The summed E-state index contributed by atoms with van der Waals surface area (Å²) in [7, 11) is 0. The van der Waals surface area contributed by atoms with Gasteiger partial charge in [0.15, 0.2) is 5.75 Å². The molecule has 0 aliphatic heterocycles. The Bertz CT molecular complexity index is 537. The van der Waals surface area contributed by atoms with Crippen LogP contribution < -0.4 is 15.4 Å². The van der Waals surface area contributed by atoms with Gasteiger partial charge in [0.05, 0.1) is 12.1 Å². The highest BCUT2D eigenvalue weighted by atomic mass is 79.9. The third-order valence-corrected chi connectivity index (χ3v) is 2.54. The van der Waals surface area contributed by atoms with Gasteiger partial charge in [-0.1, -0.05) is 15.9 Å². The molecule has 0 spiro atoms. The average Bonchev–Trinajstić information content (AvgIpc) is 2.30. The topological polar surface area (TPSA) is 87.7 Å². The number of hydrogen-bond acceptors (Lipinski definition) is 3. The second-order valence-corrected chi connectivity index (χ2v) is 4.63. The van der Waals surface area contributed by atoms with Crippen molar-refractivity contribution >= 4 is 33.6 Å². The molecule has 3 N–H and O–H groups in total. The molecule has 21 heavy (non-hydrogen) atoms. The first kappa shape index (κ1) is 17.1.